The Labute approximate surface area is 141 Å². The van der Waals surface area contributed by atoms with Crippen LogP contribution in [0.5, 0.6) is 0 Å². The van der Waals surface area contributed by atoms with Gasteiger partial charge in [0.15, 0.2) is 0 Å². The number of furan rings is 1. The molecule has 0 aromatic carbocycles. The quantitative estimate of drug-likeness (QED) is 0.862. The first kappa shape index (κ1) is 16.4. The van der Waals surface area contributed by atoms with Crippen LogP contribution in [0.1, 0.15) is 11.5 Å². The molecule has 0 unspecified atom stereocenters. The number of rotatable bonds is 6. The Bertz CT molecular complexity index is 673. The smallest absolute Gasteiger partial charge is 0.225 e. The van der Waals surface area contributed by atoms with Crippen LogP contribution in [0.3, 0.4) is 0 Å². The van der Waals surface area contributed by atoms with E-state index in [9.17, 15) is 4.79 Å². The van der Waals surface area contributed by atoms with Crippen molar-refractivity contribution in [1.29, 1.82) is 0 Å². The van der Waals surface area contributed by atoms with Crippen LogP contribution in [0.25, 0.3) is 0 Å². The molecule has 0 aliphatic carbocycles. The van der Waals surface area contributed by atoms with Crippen molar-refractivity contribution in [3.63, 3.8) is 0 Å². The van der Waals surface area contributed by atoms with Crippen LogP contribution in [0.4, 0.5) is 5.82 Å². The summed E-state index contributed by atoms with van der Waals surface area (Å²) in [5, 5.41) is 2.97. The summed E-state index contributed by atoms with van der Waals surface area (Å²) in [6.45, 7) is 4.18. The van der Waals surface area contributed by atoms with Crippen molar-refractivity contribution < 1.29 is 13.9 Å². The summed E-state index contributed by atoms with van der Waals surface area (Å²) >= 11 is 0. The maximum absolute atomic E-state index is 12.6. The van der Waals surface area contributed by atoms with Gasteiger partial charge in [-0.15, -0.1) is 0 Å². The number of nitrogens with one attached hydrogen (secondary N) is 1. The third kappa shape index (κ3) is 3.73. The molecule has 0 spiro atoms. The van der Waals surface area contributed by atoms with Crippen molar-refractivity contribution in [2.24, 2.45) is 11.8 Å². The maximum Gasteiger partial charge on any atom is 0.225 e. The van der Waals surface area contributed by atoms with Gasteiger partial charge in [-0.3, -0.25) is 4.79 Å². The highest BCUT2D eigenvalue weighted by Crippen LogP contribution is 2.27. The Morgan fingerprint density at radius 1 is 1.42 bits per heavy atom. The Kier molecular flexibility index (Phi) is 5.10. The molecule has 7 nitrogen and oxygen atoms in total. The molecule has 24 heavy (non-hydrogen) atoms. The largest absolute Gasteiger partial charge is 0.465 e. The Balaban J connectivity index is 1.64. The van der Waals surface area contributed by atoms with Crippen LogP contribution >= 0.6 is 0 Å². The minimum absolute atomic E-state index is 0.0164. The number of aromatic nitrogens is 2. The zero-order valence-electron chi connectivity index (χ0n) is 13.9. The molecule has 1 N–H and O–H groups in total. The topological polar surface area (TPSA) is 80.5 Å². The Morgan fingerprint density at radius 2 is 2.29 bits per heavy atom. The first-order valence-corrected chi connectivity index (χ1v) is 8.00. The van der Waals surface area contributed by atoms with Gasteiger partial charge < -0.3 is 19.4 Å². The Hall–Kier alpha value is -2.41. The van der Waals surface area contributed by atoms with Crippen LogP contribution < -0.4 is 10.2 Å². The van der Waals surface area contributed by atoms with Gasteiger partial charge in [-0.2, -0.15) is 0 Å². The standard InChI is InChI=1S/C17H22N4O3/c1-12-3-4-14(24-12)7-19-17(22)15-9-21(8-13(15)10-23-2)16-5-6-18-11-20-16/h3-6,11,13,15H,7-10H2,1-2H3,(H,19,22)/t13-,15+/m0/s1. The van der Waals surface area contributed by atoms with Gasteiger partial charge in [-0.05, 0) is 25.1 Å². The number of anilines is 1. The van der Waals surface area contributed by atoms with Crippen molar-refractivity contribution in [3.05, 3.63) is 42.2 Å². The summed E-state index contributed by atoms with van der Waals surface area (Å²) in [6, 6.07) is 5.63. The molecule has 1 saturated heterocycles. The van der Waals surface area contributed by atoms with Gasteiger partial charge in [0, 0.05) is 32.3 Å². The highest BCUT2D eigenvalue weighted by molar-refractivity contribution is 5.80. The molecule has 128 valence electrons. The van der Waals surface area contributed by atoms with Gasteiger partial charge in [0.2, 0.25) is 5.91 Å². The van der Waals surface area contributed by atoms with Crippen LogP contribution in [-0.2, 0) is 16.1 Å². The first-order chi connectivity index (χ1) is 11.7. The van der Waals surface area contributed by atoms with E-state index in [1.807, 2.05) is 25.1 Å². The number of hydrogen-bond acceptors (Lipinski definition) is 6. The van der Waals surface area contributed by atoms with Gasteiger partial charge in [-0.25, -0.2) is 9.97 Å². The molecule has 1 aliphatic rings. The molecule has 7 heteroatoms. The molecule has 1 fully saturated rings. The van der Waals surface area contributed by atoms with E-state index >= 15 is 0 Å². The molecule has 0 bridgehead atoms. The molecule has 2 aromatic heterocycles. The normalized spacial score (nSPS) is 20.3. The summed E-state index contributed by atoms with van der Waals surface area (Å²) < 4.78 is 10.8. The average Bonchev–Trinajstić information content (AvgIpc) is 3.20. The lowest BCUT2D eigenvalue weighted by Crippen LogP contribution is -2.36. The SMILES string of the molecule is COC[C@@H]1CN(c2ccncn2)C[C@H]1C(=O)NCc1ccc(C)o1. The van der Waals surface area contributed by atoms with Crippen molar-refractivity contribution >= 4 is 11.7 Å². The predicted molar refractivity (Wildman–Crippen MR) is 88.4 cm³/mol. The fourth-order valence-corrected chi connectivity index (χ4v) is 3.09. The predicted octanol–water partition coefficient (Wildman–Crippen LogP) is 1.39. The summed E-state index contributed by atoms with van der Waals surface area (Å²) in [5.41, 5.74) is 0. The third-order valence-electron chi connectivity index (χ3n) is 4.28. The third-order valence-corrected chi connectivity index (χ3v) is 4.28. The van der Waals surface area contributed by atoms with Gasteiger partial charge in [0.25, 0.3) is 0 Å². The second-order valence-corrected chi connectivity index (χ2v) is 6.02. The van der Waals surface area contributed by atoms with E-state index in [1.54, 1.807) is 13.3 Å². The summed E-state index contributed by atoms with van der Waals surface area (Å²) in [4.78, 5) is 22.9. The van der Waals surface area contributed by atoms with E-state index in [2.05, 4.69) is 20.2 Å². The van der Waals surface area contributed by atoms with E-state index < -0.39 is 0 Å². The average molecular weight is 330 g/mol. The molecule has 0 radical (unpaired) electrons. The van der Waals surface area contributed by atoms with E-state index in [4.69, 9.17) is 9.15 Å². The lowest BCUT2D eigenvalue weighted by molar-refractivity contribution is -0.126. The molecule has 0 saturated carbocycles. The van der Waals surface area contributed by atoms with Crippen LogP contribution in [-0.4, -0.2) is 42.7 Å². The van der Waals surface area contributed by atoms with Gasteiger partial charge in [-0.1, -0.05) is 0 Å². The van der Waals surface area contributed by atoms with Gasteiger partial charge in [0.05, 0.1) is 19.1 Å². The number of carbonyl (C=O) groups excluding carboxylic acids is 1. The second-order valence-electron chi connectivity index (χ2n) is 6.02. The molecular formula is C17H22N4O3. The molecule has 3 heterocycles. The van der Waals surface area contributed by atoms with Crippen LogP contribution in [0.2, 0.25) is 0 Å². The molecule has 2 atom stereocenters. The zero-order valence-corrected chi connectivity index (χ0v) is 13.9. The molecule has 3 rings (SSSR count). The Morgan fingerprint density at radius 3 is 2.96 bits per heavy atom. The van der Waals surface area contributed by atoms with E-state index in [0.29, 0.717) is 19.7 Å². The van der Waals surface area contributed by atoms with Crippen molar-refractivity contribution in [3.8, 4) is 0 Å². The maximum atomic E-state index is 12.6. The molecule has 1 amide bonds. The van der Waals surface area contributed by atoms with Crippen LogP contribution in [0.15, 0.2) is 35.1 Å². The lowest BCUT2D eigenvalue weighted by Gasteiger charge is -2.16. The summed E-state index contributed by atoms with van der Waals surface area (Å²) in [5.74, 6) is 2.44. The number of methoxy groups -OCH3 is 1. The zero-order chi connectivity index (χ0) is 16.9. The number of amides is 1. The van der Waals surface area contributed by atoms with Crippen molar-refractivity contribution in [2.75, 3.05) is 31.7 Å². The molecule has 1 aliphatic heterocycles. The van der Waals surface area contributed by atoms with Crippen molar-refractivity contribution in [1.82, 2.24) is 15.3 Å². The van der Waals surface area contributed by atoms with E-state index in [-0.39, 0.29) is 17.7 Å². The number of carbonyl (C=O) groups is 1. The number of nitrogens with zero attached hydrogens (tertiary/aromatic N) is 3. The fourth-order valence-electron chi connectivity index (χ4n) is 3.09. The summed E-state index contributed by atoms with van der Waals surface area (Å²) in [6.07, 6.45) is 3.23. The monoisotopic (exact) mass is 330 g/mol. The van der Waals surface area contributed by atoms with Gasteiger partial charge >= 0.3 is 0 Å². The number of ether oxygens (including phenoxy) is 1. The highest BCUT2D eigenvalue weighted by atomic mass is 16.5. The number of aryl methyl sites for hydroxylation is 1. The van der Waals surface area contributed by atoms with Crippen molar-refractivity contribution in [2.45, 2.75) is 13.5 Å². The first-order valence-electron chi connectivity index (χ1n) is 8.00. The number of hydrogen-bond donors (Lipinski definition) is 1. The highest BCUT2D eigenvalue weighted by Gasteiger charge is 2.38. The lowest BCUT2D eigenvalue weighted by atomic mass is 9.96. The second kappa shape index (κ2) is 7.44. The van der Waals surface area contributed by atoms with Crippen LogP contribution in [0, 0.1) is 18.8 Å². The minimum atomic E-state index is -0.143. The molecular weight excluding hydrogens is 308 g/mol. The van der Waals surface area contributed by atoms with Gasteiger partial charge in [0.1, 0.15) is 23.7 Å². The van der Waals surface area contributed by atoms with E-state index in [1.165, 1.54) is 6.33 Å². The molecule has 2 aromatic rings. The minimum Gasteiger partial charge on any atom is -0.465 e. The van der Waals surface area contributed by atoms with E-state index in [0.717, 1.165) is 23.9 Å². The fraction of sp³-hybridized carbons (Fsp3) is 0.471. The summed E-state index contributed by atoms with van der Waals surface area (Å²) in [7, 11) is 1.66.